The lowest BCUT2D eigenvalue weighted by molar-refractivity contribution is -0.151. The van der Waals surface area contributed by atoms with Gasteiger partial charge in [0.15, 0.2) is 24.7 Å². The third-order valence-corrected chi connectivity index (χ3v) is 6.13. The molecule has 3 saturated carbocycles. The first-order valence-corrected chi connectivity index (χ1v) is 10.6. The van der Waals surface area contributed by atoms with Crippen LogP contribution in [0.2, 0.25) is 10.0 Å². The molecule has 0 aliphatic heterocycles. The van der Waals surface area contributed by atoms with E-state index in [0.29, 0.717) is 35.8 Å². The van der Waals surface area contributed by atoms with Gasteiger partial charge in [0, 0.05) is 28.2 Å². The Morgan fingerprint density at radius 2 is 1.56 bits per heavy atom. The van der Waals surface area contributed by atoms with E-state index < -0.39 is 5.82 Å². The fourth-order valence-corrected chi connectivity index (χ4v) is 4.62. The van der Waals surface area contributed by atoms with Gasteiger partial charge in [-0.25, -0.2) is 4.39 Å². The standard InChI is InChI=1S/C22H21Cl2FN2O5/c1-30-18-6-13(23)2-5-17(18)32-9-20(29)27-22-10-21(11-22,12-22)26-19(28)8-31-14-3-4-15(24)16(25)7-14/h2-7H,8-12H2,1H3,(H,26,28)(H,27,29). The summed E-state index contributed by atoms with van der Waals surface area (Å²) in [7, 11) is 1.49. The van der Waals surface area contributed by atoms with E-state index in [9.17, 15) is 14.0 Å². The third kappa shape index (κ3) is 4.71. The number of ether oxygens (including phenoxy) is 3. The summed E-state index contributed by atoms with van der Waals surface area (Å²) in [5.74, 6) is -0.0799. The fraction of sp³-hybridized carbons (Fsp3) is 0.364. The molecule has 2 aromatic rings. The normalized spacial score (nSPS) is 22.8. The summed E-state index contributed by atoms with van der Waals surface area (Å²) in [5.41, 5.74) is -0.656. The monoisotopic (exact) mass is 482 g/mol. The number of amides is 2. The zero-order valence-electron chi connectivity index (χ0n) is 17.2. The minimum atomic E-state index is -0.611. The van der Waals surface area contributed by atoms with Crippen LogP contribution in [0.4, 0.5) is 4.39 Å². The molecule has 0 radical (unpaired) electrons. The van der Waals surface area contributed by atoms with E-state index in [1.165, 1.54) is 19.2 Å². The number of carbonyl (C=O) groups is 2. The molecule has 2 aromatic carbocycles. The second-order valence-electron chi connectivity index (χ2n) is 8.14. The highest BCUT2D eigenvalue weighted by atomic mass is 35.5. The summed E-state index contributed by atoms with van der Waals surface area (Å²) in [6, 6.07) is 8.88. The van der Waals surface area contributed by atoms with E-state index in [4.69, 9.17) is 37.4 Å². The van der Waals surface area contributed by atoms with Gasteiger partial charge in [-0.2, -0.15) is 0 Å². The van der Waals surface area contributed by atoms with Crippen molar-refractivity contribution >= 4 is 35.0 Å². The van der Waals surface area contributed by atoms with Gasteiger partial charge in [0.2, 0.25) is 0 Å². The van der Waals surface area contributed by atoms with Gasteiger partial charge in [0.1, 0.15) is 11.6 Å². The second kappa shape index (κ2) is 8.67. The first-order chi connectivity index (χ1) is 15.2. The minimum Gasteiger partial charge on any atom is -0.493 e. The summed E-state index contributed by atoms with van der Waals surface area (Å²) < 4.78 is 29.5. The van der Waals surface area contributed by atoms with Crippen molar-refractivity contribution in [1.82, 2.24) is 10.6 Å². The summed E-state index contributed by atoms with van der Waals surface area (Å²) in [6.45, 7) is -0.399. The number of benzene rings is 2. The Labute approximate surface area is 194 Å². The van der Waals surface area contributed by atoms with Crippen molar-refractivity contribution in [2.45, 2.75) is 30.3 Å². The molecule has 0 aromatic heterocycles. The molecule has 5 rings (SSSR count). The second-order valence-corrected chi connectivity index (χ2v) is 8.98. The smallest absolute Gasteiger partial charge is 0.258 e. The van der Waals surface area contributed by atoms with Gasteiger partial charge in [0.25, 0.3) is 11.8 Å². The molecule has 3 fully saturated rings. The lowest BCUT2D eigenvalue weighted by Crippen LogP contribution is -2.84. The molecule has 0 atom stereocenters. The van der Waals surface area contributed by atoms with Gasteiger partial charge in [-0.15, -0.1) is 0 Å². The molecule has 3 aliphatic rings. The van der Waals surface area contributed by atoms with Crippen LogP contribution in [0.25, 0.3) is 0 Å². The molecule has 32 heavy (non-hydrogen) atoms. The molecule has 0 unspecified atom stereocenters. The van der Waals surface area contributed by atoms with Gasteiger partial charge in [-0.3, -0.25) is 9.59 Å². The first-order valence-electron chi connectivity index (χ1n) is 9.88. The zero-order chi connectivity index (χ0) is 22.9. The molecule has 0 heterocycles. The topological polar surface area (TPSA) is 85.9 Å². The van der Waals surface area contributed by atoms with Crippen LogP contribution < -0.4 is 24.8 Å². The van der Waals surface area contributed by atoms with Crippen LogP contribution in [0, 0.1) is 5.82 Å². The Morgan fingerprint density at radius 1 is 0.938 bits per heavy atom. The Kier molecular flexibility index (Phi) is 6.09. The molecule has 3 aliphatic carbocycles. The van der Waals surface area contributed by atoms with Crippen LogP contribution in [-0.2, 0) is 9.59 Å². The summed E-state index contributed by atoms with van der Waals surface area (Å²) >= 11 is 11.5. The van der Waals surface area contributed by atoms with Crippen molar-refractivity contribution in [3.63, 3.8) is 0 Å². The molecule has 7 nitrogen and oxygen atoms in total. The SMILES string of the molecule is COc1cc(Cl)ccc1OCC(=O)NC12CC(NC(=O)COc3ccc(Cl)c(F)c3)(C1)C2. The van der Waals surface area contributed by atoms with E-state index in [1.807, 2.05) is 0 Å². The number of halogens is 3. The molecule has 2 amide bonds. The molecule has 2 N–H and O–H groups in total. The van der Waals surface area contributed by atoms with E-state index >= 15 is 0 Å². The van der Waals surface area contributed by atoms with Crippen LogP contribution in [0.1, 0.15) is 19.3 Å². The van der Waals surface area contributed by atoms with Crippen molar-refractivity contribution in [3.05, 3.63) is 52.3 Å². The lowest BCUT2D eigenvalue weighted by Gasteiger charge is -2.70. The third-order valence-electron chi connectivity index (χ3n) is 5.58. The number of hydrogen-bond donors (Lipinski definition) is 2. The maximum absolute atomic E-state index is 13.4. The molecular formula is C22H21Cl2FN2O5. The Hall–Kier alpha value is -2.71. The van der Waals surface area contributed by atoms with Crippen molar-refractivity contribution in [2.75, 3.05) is 20.3 Å². The minimum absolute atomic E-state index is 0.0132. The highest BCUT2D eigenvalue weighted by Gasteiger charge is 2.69. The molecule has 2 bridgehead atoms. The van der Waals surface area contributed by atoms with Gasteiger partial charge in [0.05, 0.1) is 12.1 Å². The lowest BCUT2D eigenvalue weighted by atomic mass is 9.44. The van der Waals surface area contributed by atoms with Crippen molar-refractivity contribution in [1.29, 1.82) is 0 Å². The fourth-order valence-electron chi connectivity index (χ4n) is 4.34. The average molecular weight is 483 g/mol. The quantitative estimate of drug-likeness (QED) is 0.571. The van der Waals surface area contributed by atoms with Crippen LogP contribution in [0.5, 0.6) is 17.2 Å². The maximum atomic E-state index is 13.4. The summed E-state index contributed by atoms with van der Waals surface area (Å²) in [4.78, 5) is 24.5. The number of rotatable bonds is 9. The van der Waals surface area contributed by atoms with E-state index in [-0.39, 0.29) is 46.9 Å². The predicted octanol–water partition coefficient (Wildman–Crippen LogP) is 3.51. The van der Waals surface area contributed by atoms with Crippen molar-refractivity contribution in [3.8, 4) is 17.2 Å². The number of methoxy groups -OCH3 is 1. The van der Waals surface area contributed by atoms with Gasteiger partial charge < -0.3 is 24.8 Å². The van der Waals surface area contributed by atoms with Gasteiger partial charge in [-0.05, 0) is 43.5 Å². The van der Waals surface area contributed by atoms with Crippen LogP contribution in [0.3, 0.4) is 0 Å². The molecule has 10 heteroatoms. The molecule has 0 spiro atoms. The molecule has 170 valence electrons. The largest absolute Gasteiger partial charge is 0.493 e. The first kappa shape index (κ1) is 22.5. The molecular weight excluding hydrogens is 462 g/mol. The highest BCUT2D eigenvalue weighted by molar-refractivity contribution is 6.31. The van der Waals surface area contributed by atoms with E-state index in [1.54, 1.807) is 18.2 Å². The number of nitrogens with one attached hydrogen (secondary N) is 2. The van der Waals surface area contributed by atoms with E-state index in [0.717, 1.165) is 6.07 Å². The Morgan fingerprint density at radius 3 is 2.16 bits per heavy atom. The number of carbonyl (C=O) groups excluding carboxylic acids is 2. The Balaban J connectivity index is 1.19. The average Bonchev–Trinajstić information content (AvgIpc) is 2.71. The van der Waals surface area contributed by atoms with Gasteiger partial charge >= 0.3 is 0 Å². The predicted molar refractivity (Wildman–Crippen MR) is 116 cm³/mol. The van der Waals surface area contributed by atoms with E-state index in [2.05, 4.69) is 10.6 Å². The summed E-state index contributed by atoms with van der Waals surface area (Å²) in [5, 5.41) is 6.41. The van der Waals surface area contributed by atoms with Crippen LogP contribution >= 0.6 is 23.2 Å². The maximum Gasteiger partial charge on any atom is 0.258 e. The Bertz CT molecular complexity index is 1040. The zero-order valence-corrected chi connectivity index (χ0v) is 18.7. The van der Waals surface area contributed by atoms with Crippen molar-refractivity contribution in [2.24, 2.45) is 0 Å². The van der Waals surface area contributed by atoms with Crippen LogP contribution in [0.15, 0.2) is 36.4 Å². The summed E-state index contributed by atoms with van der Waals surface area (Å²) in [6.07, 6.45) is 1.91. The molecule has 0 saturated heterocycles. The number of hydrogen-bond acceptors (Lipinski definition) is 5. The highest BCUT2D eigenvalue weighted by Crippen LogP contribution is 2.60. The van der Waals surface area contributed by atoms with Gasteiger partial charge in [-0.1, -0.05) is 23.2 Å². The van der Waals surface area contributed by atoms with Crippen LogP contribution in [-0.4, -0.2) is 43.2 Å². The van der Waals surface area contributed by atoms with Crippen molar-refractivity contribution < 1.29 is 28.2 Å².